The van der Waals surface area contributed by atoms with Crippen LogP contribution in [0.5, 0.6) is 0 Å². The minimum Gasteiger partial charge on any atom is -0.338 e. The number of rotatable bonds is 3. The van der Waals surface area contributed by atoms with E-state index in [2.05, 4.69) is 24.4 Å². The highest BCUT2D eigenvalue weighted by atomic mass is 16.2. The molecular weight excluding hydrogens is 238 g/mol. The average molecular weight is 261 g/mol. The van der Waals surface area contributed by atoms with Crippen molar-refractivity contribution in [3.63, 3.8) is 0 Å². The van der Waals surface area contributed by atoms with Crippen LogP contribution in [-0.2, 0) is 4.79 Å². The summed E-state index contributed by atoms with van der Waals surface area (Å²) in [5.41, 5.74) is 2.27. The van der Waals surface area contributed by atoms with E-state index >= 15 is 0 Å². The fraction of sp³-hybridized carbons (Fsp3) is 0.533. The van der Waals surface area contributed by atoms with Gasteiger partial charge in [-0.15, -0.1) is 0 Å². The lowest BCUT2D eigenvalue weighted by Gasteiger charge is -2.33. The standard InChI is InChI=1S/C15H23N3O/c1-12-5-4-6-13(11-12)14(17(2)3)15(19)18-9-7-16-8-10-18/h4-6,11,14,16H,7-10H2,1-3H3. The third-order valence-corrected chi connectivity index (χ3v) is 3.54. The predicted octanol–water partition coefficient (Wildman–Crippen LogP) is 1.03. The number of hydrogen-bond donors (Lipinski definition) is 1. The van der Waals surface area contributed by atoms with Crippen molar-refractivity contribution in [2.45, 2.75) is 13.0 Å². The molecule has 0 radical (unpaired) electrons. The Morgan fingerprint density at radius 3 is 2.58 bits per heavy atom. The van der Waals surface area contributed by atoms with Crippen molar-refractivity contribution in [1.29, 1.82) is 0 Å². The maximum absolute atomic E-state index is 12.7. The van der Waals surface area contributed by atoms with Crippen LogP contribution in [0.1, 0.15) is 17.2 Å². The van der Waals surface area contributed by atoms with E-state index in [1.165, 1.54) is 5.56 Å². The quantitative estimate of drug-likeness (QED) is 0.883. The Hall–Kier alpha value is -1.39. The molecule has 1 heterocycles. The molecule has 0 spiro atoms. The van der Waals surface area contributed by atoms with Gasteiger partial charge in [0, 0.05) is 26.2 Å². The number of piperazine rings is 1. The van der Waals surface area contributed by atoms with Gasteiger partial charge in [0.25, 0.3) is 0 Å². The number of aryl methyl sites for hydroxylation is 1. The van der Waals surface area contributed by atoms with E-state index in [1.807, 2.05) is 36.0 Å². The number of nitrogens with zero attached hydrogens (tertiary/aromatic N) is 2. The molecule has 2 rings (SSSR count). The van der Waals surface area contributed by atoms with Crippen LogP contribution in [-0.4, -0.2) is 56.0 Å². The minimum absolute atomic E-state index is 0.182. The normalized spacial score (nSPS) is 17.6. The molecule has 1 aromatic carbocycles. The predicted molar refractivity (Wildman–Crippen MR) is 77.1 cm³/mol. The third-order valence-electron chi connectivity index (χ3n) is 3.54. The maximum atomic E-state index is 12.7. The van der Waals surface area contributed by atoms with E-state index in [-0.39, 0.29) is 11.9 Å². The monoisotopic (exact) mass is 261 g/mol. The van der Waals surface area contributed by atoms with Crippen LogP contribution in [0.15, 0.2) is 24.3 Å². The van der Waals surface area contributed by atoms with E-state index in [9.17, 15) is 4.79 Å². The Labute approximate surface area is 115 Å². The summed E-state index contributed by atoms with van der Waals surface area (Å²) in [4.78, 5) is 16.7. The third kappa shape index (κ3) is 3.33. The second-order valence-electron chi connectivity index (χ2n) is 5.36. The number of hydrogen-bond acceptors (Lipinski definition) is 3. The van der Waals surface area contributed by atoms with Crippen LogP contribution in [0, 0.1) is 6.92 Å². The smallest absolute Gasteiger partial charge is 0.244 e. The molecule has 1 amide bonds. The van der Waals surface area contributed by atoms with Crippen LogP contribution in [0.25, 0.3) is 0 Å². The second kappa shape index (κ2) is 6.17. The summed E-state index contributed by atoms with van der Waals surface area (Å²) >= 11 is 0. The van der Waals surface area contributed by atoms with Crippen LogP contribution < -0.4 is 5.32 Å². The summed E-state index contributed by atoms with van der Waals surface area (Å²) < 4.78 is 0. The molecule has 4 nitrogen and oxygen atoms in total. The lowest BCUT2D eigenvalue weighted by Crippen LogP contribution is -2.49. The number of benzene rings is 1. The zero-order valence-electron chi connectivity index (χ0n) is 12.0. The lowest BCUT2D eigenvalue weighted by atomic mass is 10.0. The zero-order valence-corrected chi connectivity index (χ0v) is 12.0. The topological polar surface area (TPSA) is 35.6 Å². The molecule has 1 aliphatic rings. The minimum atomic E-state index is -0.182. The van der Waals surface area contributed by atoms with Crippen molar-refractivity contribution in [2.24, 2.45) is 0 Å². The van der Waals surface area contributed by atoms with E-state index in [4.69, 9.17) is 0 Å². The summed E-state index contributed by atoms with van der Waals surface area (Å²) in [7, 11) is 3.93. The SMILES string of the molecule is Cc1cccc(C(C(=O)N2CCNCC2)N(C)C)c1. The van der Waals surface area contributed by atoms with Gasteiger partial charge in [-0.05, 0) is 26.6 Å². The molecule has 1 aromatic rings. The highest BCUT2D eigenvalue weighted by Crippen LogP contribution is 2.22. The second-order valence-corrected chi connectivity index (χ2v) is 5.36. The number of likely N-dealkylation sites (N-methyl/N-ethyl adjacent to an activating group) is 1. The lowest BCUT2D eigenvalue weighted by molar-refractivity contribution is -0.136. The van der Waals surface area contributed by atoms with Gasteiger partial charge < -0.3 is 10.2 Å². The molecule has 1 N–H and O–H groups in total. The number of nitrogens with one attached hydrogen (secondary N) is 1. The first-order valence-corrected chi connectivity index (χ1v) is 6.82. The molecule has 0 bridgehead atoms. The van der Waals surface area contributed by atoms with Crippen molar-refractivity contribution in [3.8, 4) is 0 Å². The highest BCUT2D eigenvalue weighted by Gasteiger charge is 2.28. The van der Waals surface area contributed by atoms with Gasteiger partial charge in [0.2, 0.25) is 5.91 Å². The number of carbonyl (C=O) groups is 1. The van der Waals surface area contributed by atoms with Gasteiger partial charge in [0.15, 0.2) is 0 Å². The molecule has 0 aromatic heterocycles. The van der Waals surface area contributed by atoms with Crippen molar-refractivity contribution < 1.29 is 4.79 Å². The molecule has 1 fully saturated rings. The summed E-state index contributed by atoms with van der Waals surface area (Å²) in [5.74, 6) is 0.206. The van der Waals surface area contributed by atoms with E-state index < -0.39 is 0 Å². The summed E-state index contributed by atoms with van der Waals surface area (Å²) in [6.45, 7) is 5.44. The summed E-state index contributed by atoms with van der Waals surface area (Å²) in [5, 5.41) is 3.28. The molecule has 0 aliphatic carbocycles. The first-order chi connectivity index (χ1) is 9.09. The molecule has 1 aliphatic heterocycles. The van der Waals surface area contributed by atoms with Gasteiger partial charge in [0.1, 0.15) is 6.04 Å². The van der Waals surface area contributed by atoms with E-state index in [1.54, 1.807) is 0 Å². The van der Waals surface area contributed by atoms with Gasteiger partial charge in [-0.3, -0.25) is 9.69 Å². The first-order valence-electron chi connectivity index (χ1n) is 6.82. The van der Waals surface area contributed by atoms with Crippen molar-refractivity contribution in [3.05, 3.63) is 35.4 Å². The van der Waals surface area contributed by atoms with E-state index in [0.29, 0.717) is 0 Å². The molecule has 0 saturated carbocycles. The van der Waals surface area contributed by atoms with Crippen molar-refractivity contribution in [2.75, 3.05) is 40.3 Å². The Morgan fingerprint density at radius 1 is 1.32 bits per heavy atom. The van der Waals surface area contributed by atoms with Gasteiger partial charge in [0.05, 0.1) is 0 Å². The molecule has 1 unspecified atom stereocenters. The fourth-order valence-electron chi connectivity index (χ4n) is 2.56. The van der Waals surface area contributed by atoms with Crippen LogP contribution in [0.2, 0.25) is 0 Å². The number of amides is 1. The van der Waals surface area contributed by atoms with Gasteiger partial charge in [-0.25, -0.2) is 0 Å². The molecule has 104 valence electrons. The molecule has 19 heavy (non-hydrogen) atoms. The van der Waals surface area contributed by atoms with Gasteiger partial charge >= 0.3 is 0 Å². The zero-order chi connectivity index (χ0) is 13.8. The molecule has 1 saturated heterocycles. The highest BCUT2D eigenvalue weighted by molar-refractivity contribution is 5.83. The molecule has 4 heteroatoms. The average Bonchev–Trinajstić information content (AvgIpc) is 2.39. The Kier molecular flexibility index (Phi) is 4.56. The summed E-state index contributed by atoms with van der Waals surface area (Å²) in [6, 6.07) is 8.04. The Balaban J connectivity index is 2.22. The van der Waals surface area contributed by atoms with Gasteiger partial charge in [-0.1, -0.05) is 29.8 Å². The van der Waals surface area contributed by atoms with Crippen molar-refractivity contribution in [1.82, 2.24) is 15.1 Å². The van der Waals surface area contributed by atoms with Gasteiger partial charge in [-0.2, -0.15) is 0 Å². The number of carbonyl (C=O) groups excluding carboxylic acids is 1. The Morgan fingerprint density at radius 2 is 2.00 bits per heavy atom. The van der Waals surface area contributed by atoms with Crippen LogP contribution in [0.4, 0.5) is 0 Å². The summed E-state index contributed by atoms with van der Waals surface area (Å²) in [6.07, 6.45) is 0. The Bertz CT molecular complexity index is 439. The molecule has 1 atom stereocenters. The maximum Gasteiger partial charge on any atom is 0.244 e. The van der Waals surface area contributed by atoms with Crippen LogP contribution >= 0.6 is 0 Å². The largest absolute Gasteiger partial charge is 0.338 e. The molecular formula is C15H23N3O. The van der Waals surface area contributed by atoms with Crippen LogP contribution in [0.3, 0.4) is 0 Å². The van der Waals surface area contributed by atoms with Crippen molar-refractivity contribution >= 4 is 5.91 Å². The first kappa shape index (κ1) is 14.0. The fourth-order valence-corrected chi connectivity index (χ4v) is 2.56. The van der Waals surface area contributed by atoms with E-state index in [0.717, 1.165) is 31.7 Å².